The molecule has 3 aromatic carbocycles. The Morgan fingerprint density at radius 2 is 1.48 bits per heavy atom. The van der Waals surface area contributed by atoms with Crippen molar-refractivity contribution in [2.24, 2.45) is 0 Å². The Bertz CT molecular complexity index is 936. The topological polar surface area (TPSA) is 40.1 Å². The van der Waals surface area contributed by atoms with E-state index in [-0.39, 0.29) is 29.6 Å². The van der Waals surface area contributed by atoms with Crippen molar-refractivity contribution in [3.05, 3.63) is 106 Å². The number of carboxylic acids is 1. The van der Waals surface area contributed by atoms with Crippen LogP contribution >= 0.6 is 11.6 Å². The Kier molecular flexibility index (Phi) is 7.46. The largest absolute Gasteiger partial charge is 1.00 e. The standard InChI is InChI=1S/C23H19ClO2.Na/c1-23(22(25)26,19-8-3-2-4-9-19)21-10-6-5-7-18(21)14-11-17-12-15-20(24)16-13-17;/h2-16H,1H3,(H,25,26);/q;+1/p-1/b14-11+;. The van der Waals surface area contributed by atoms with Crippen LogP contribution in [0.15, 0.2) is 78.9 Å². The molecule has 4 heteroatoms. The van der Waals surface area contributed by atoms with Gasteiger partial charge in [-0.1, -0.05) is 90.5 Å². The van der Waals surface area contributed by atoms with Crippen molar-refractivity contribution in [2.75, 3.05) is 0 Å². The average molecular weight is 385 g/mol. The minimum absolute atomic E-state index is 0. The summed E-state index contributed by atoms with van der Waals surface area (Å²) in [6.45, 7) is 1.69. The smallest absolute Gasteiger partial charge is 0.549 e. The SMILES string of the molecule is CC(C(=O)[O-])(c1ccccc1)c1ccccc1/C=C/c1ccc(Cl)cc1.[Na+]. The fraction of sp³-hybridized carbons (Fsp3) is 0.0870. The van der Waals surface area contributed by atoms with Crippen LogP contribution < -0.4 is 34.7 Å². The van der Waals surface area contributed by atoms with Gasteiger partial charge in [-0.3, -0.25) is 0 Å². The second-order valence-electron chi connectivity index (χ2n) is 6.25. The van der Waals surface area contributed by atoms with Crippen LogP contribution in [0.25, 0.3) is 12.2 Å². The van der Waals surface area contributed by atoms with Crippen molar-refractivity contribution >= 4 is 29.7 Å². The summed E-state index contributed by atoms with van der Waals surface area (Å²) in [5.41, 5.74) is 1.95. The van der Waals surface area contributed by atoms with Crippen LogP contribution in [0.2, 0.25) is 5.02 Å². The molecule has 0 heterocycles. The molecule has 0 aliphatic carbocycles. The van der Waals surface area contributed by atoms with Crippen LogP contribution in [-0.2, 0) is 10.2 Å². The van der Waals surface area contributed by atoms with Gasteiger partial charge < -0.3 is 9.90 Å². The van der Waals surface area contributed by atoms with Gasteiger partial charge in [-0.15, -0.1) is 0 Å². The van der Waals surface area contributed by atoms with E-state index in [9.17, 15) is 9.90 Å². The van der Waals surface area contributed by atoms with Gasteiger partial charge in [0, 0.05) is 5.02 Å². The summed E-state index contributed by atoms with van der Waals surface area (Å²) in [5.74, 6) is -1.13. The van der Waals surface area contributed by atoms with Gasteiger partial charge >= 0.3 is 29.6 Å². The van der Waals surface area contributed by atoms with Crippen molar-refractivity contribution in [1.82, 2.24) is 0 Å². The molecule has 1 unspecified atom stereocenters. The first kappa shape index (κ1) is 21.5. The number of carboxylic acid groups (broad SMARTS) is 1. The quantitative estimate of drug-likeness (QED) is 0.495. The van der Waals surface area contributed by atoms with E-state index >= 15 is 0 Å². The van der Waals surface area contributed by atoms with E-state index in [2.05, 4.69) is 0 Å². The number of benzene rings is 3. The zero-order valence-corrected chi connectivity index (χ0v) is 18.1. The van der Waals surface area contributed by atoms with E-state index in [0.717, 1.165) is 11.1 Å². The molecule has 0 bridgehead atoms. The van der Waals surface area contributed by atoms with Crippen LogP contribution in [-0.4, -0.2) is 5.97 Å². The molecule has 27 heavy (non-hydrogen) atoms. The maximum atomic E-state index is 12.1. The predicted molar refractivity (Wildman–Crippen MR) is 105 cm³/mol. The number of carbonyl (C=O) groups is 1. The Morgan fingerprint density at radius 1 is 0.889 bits per heavy atom. The molecule has 0 aromatic heterocycles. The Morgan fingerprint density at radius 3 is 2.11 bits per heavy atom. The molecule has 1 atom stereocenters. The van der Waals surface area contributed by atoms with Gasteiger partial charge in [-0.2, -0.15) is 0 Å². The van der Waals surface area contributed by atoms with Crippen molar-refractivity contribution in [3.63, 3.8) is 0 Å². The minimum atomic E-state index is -1.25. The van der Waals surface area contributed by atoms with E-state index in [4.69, 9.17) is 11.6 Å². The maximum absolute atomic E-state index is 12.1. The molecule has 2 nitrogen and oxygen atoms in total. The van der Waals surface area contributed by atoms with Gasteiger partial charge in [-0.05, 0) is 41.3 Å². The van der Waals surface area contributed by atoms with Crippen molar-refractivity contribution in [3.8, 4) is 0 Å². The third kappa shape index (κ3) is 4.72. The van der Waals surface area contributed by atoms with E-state index in [0.29, 0.717) is 16.1 Å². The minimum Gasteiger partial charge on any atom is -0.549 e. The number of halogens is 1. The zero-order chi connectivity index (χ0) is 18.6. The fourth-order valence-corrected chi connectivity index (χ4v) is 3.14. The Labute approximate surface area is 186 Å². The molecule has 3 aromatic rings. The molecule has 0 saturated carbocycles. The average Bonchev–Trinajstić information content (AvgIpc) is 2.67. The van der Waals surface area contributed by atoms with E-state index in [1.54, 1.807) is 6.92 Å². The van der Waals surface area contributed by atoms with Gasteiger partial charge in [0.25, 0.3) is 0 Å². The summed E-state index contributed by atoms with van der Waals surface area (Å²) in [5, 5.41) is 12.8. The summed E-state index contributed by atoms with van der Waals surface area (Å²) in [6, 6.07) is 24.1. The number of carbonyl (C=O) groups excluding carboxylic acids is 1. The monoisotopic (exact) mass is 384 g/mol. The second kappa shape index (κ2) is 9.38. The molecule has 0 N–H and O–H groups in total. The molecular weight excluding hydrogens is 367 g/mol. The van der Waals surface area contributed by atoms with Crippen LogP contribution in [0.1, 0.15) is 29.2 Å². The first-order valence-corrected chi connectivity index (χ1v) is 8.70. The van der Waals surface area contributed by atoms with Gasteiger partial charge in [-0.25, -0.2) is 0 Å². The summed E-state index contributed by atoms with van der Waals surface area (Å²) >= 11 is 5.92. The van der Waals surface area contributed by atoms with Gasteiger partial charge in [0.2, 0.25) is 0 Å². The third-order valence-electron chi connectivity index (χ3n) is 4.58. The molecular formula is C23H18ClNaO2. The zero-order valence-electron chi connectivity index (χ0n) is 15.4. The molecule has 130 valence electrons. The maximum Gasteiger partial charge on any atom is 1.00 e. The third-order valence-corrected chi connectivity index (χ3v) is 4.84. The summed E-state index contributed by atoms with van der Waals surface area (Å²) < 4.78 is 0. The van der Waals surface area contributed by atoms with Crippen molar-refractivity contribution < 1.29 is 39.5 Å². The van der Waals surface area contributed by atoms with Crippen LogP contribution in [0.4, 0.5) is 0 Å². The number of aliphatic carboxylic acids is 1. The first-order chi connectivity index (χ1) is 12.5. The molecule has 0 spiro atoms. The van der Waals surface area contributed by atoms with Crippen molar-refractivity contribution in [1.29, 1.82) is 0 Å². The number of hydrogen-bond acceptors (Lipinski definition) is 2. The molecule has 0 fully saturated rings. The molecule has 0 radical (unpaired) electrons. The van der Waals surface area contributed by atoms with Gasteiger partial charge in [0.15, 0.2) is 0 Å². The normalized spacial score (nSPS) is 13.0. The summed E-state index contributed by atoms with van der Waals surface area (Å²) in [7, 11) is 0. The molecule has 0 amide bonds. The van der Waals surface area contributed by atoms with Gasteiger partial charge in [0.1, 0.15) is 0 Å². The van der Waals surface area contributed by atoms with Crippen molar-refractivity contribution in [2.45, 2.75) is 12.3 Å². The molecule has 0 saturated heterocycles. The summed E-state index contributed by atoms with van der Waals surface area (Å²) in [6.07, 6.45) is 3.86. The number of rotatable bonds is 5. The molecule has 0 aliphatic rings. The molecule has 0 aliphatic heterocycles. The number of hydrogen-bond donors (Lipinski definition) is 0. The Balaban J connectivity index is 0.00000261. The summed E-state index contributed by atoms with van der Waals surface area (Å²) in [4.78, 5) is 12.1. The second-order valence-corrected chi connectivity index (χ2v) is 6.69. The van der Waals surface area contributed by atoms with Crippen LogP contribution in [0.5, 0.6) is 0 Å². The molecule has 3 rings (SSSR count). The van der Waals surface area contributed by atoms with E-state index < -0.39 is 11.4 Å². The van der Waals surface area contributed by atoms with Gasteiger partial charge in [0.05, 0.1) is 11.4 Å². The van der Waals surface area contributed by atoms with Crippen LogP contribution in [0.3, 0.4) is 0 Å². The van der Waals surface area contributed by atoms with E-state index in [1.165, 1.54) is 0 Å². The first-order valence-electron chi connectivity index (χ1n) is 8.32. The Hall–Kier alpha value is -1.84. The van der Waals surface area contributed by atoms with Crippen LogP contribution in [0, 0.1) is 0 Å². The predicted octanol–water partition coefficient (Wildman–Crippen LogP) is 1.57. The fourth-order valence-electron chi connectivity index (χ4n) is 3.01. The van der Waals surface area contributed by atoms with E-state index in [1.807, 2.05) is 91.0 Å².